The molecule has 2 rings (SSSR count). The van der Waals surface area contributed by atoms with Crippen molar-refractivity contribution in [3.05, 3.63) is 0 Å². The number of amides is 1. The molecule has 2 aliphatic heterocycles. The van der Waals surface area contributed by atoms with E-state index in [4.69, 9.17) is 0 Å². The molecule has 0 radical (unpaired) electrons. The molecule has 5 heteroatoms. The zero-order chi connectivity index (χ0) is 9.80. The highest BCUT2D eigenvalue weighted by molar-refractivity contribution is 7.99. The van der Waals surface area contributed by atoms with E-state index in [1.54, 1.807) is 11.8 Å². The molecule has 2 saturated heterocycles. The van der Waals surface area contributed by atoms with Crippen LogP contribution in [-0.2, 0) is 4.79 Å². The van der Waals surface area contributed by atoms with Gasteiger partial charge in [-0.3, -0.25) is 10.1 Å². The predicted octanol–water partition coefficient (Wildman–Crippen LogP) is -0.483. The van der Waals surface area contributed by atoms with Crippen LogP contribution in [0, 0.1) is 0 Å². The largest absolute Gasteiger partial charge is 0.352 e. The van der Waals surface area contributed by atoms with E-state index in [1.165, 1.54) is 0 Å². The van der Waals surface area contributed by atoms with Gasteiger partial charge in [-0.15, -0.1) is 11.8 Å². The van der Waals surface area contributed by atoms with Crippen molar-refractivity contribution in [2.24, 2.45) is 0 Å². The lowest BCUT2D eigenvalue weighted by molar-refractivity contribution is -0.123. The van der Waals surface area contributed by atoms with Crippen molar-refractivity contribution in [2.75, 3.05) is 24.7 Å². The normalized spacial score (nSPS) is 29.0. The molecule has 0 aromatic rings. The third-order valence-corrected chi connectivity index (χ3v) is 3.66. The topological polar surface area (TPSA) is 53.2 Å². The van der Waals surface area contributed by atoms with E-state index in [0.717, 1.165) is 37.6 Å². The van der Waals surface area contributed by atoms with Crippen molar-refractivity contribution in [3.8, 4) is 0 Å². The van der Waals surface area contributed by atoms with Gasteiger partial charge in [0.25, 0.3) is 0 Å². The SMILES string of the molecule is O=C(NC1CCNCC1)[C@H]1CSCN1. The molecule has 2 aliphatic rings. The van der Waals surface area contributed by atoms with Crippen molar-refractivity contribution in [3.63, 3.8) is 0 Å². The molecule has 80 valence electrons. The van der Waals surface area contributed by atoms with Gasteiger partial charge in [0.2, 0.25) is 5.91 Å². The number of thioether (sulfide) groups is 1. The maximum Gasteiger partial charge on any atom is 0.238 e. The first-order valence-corrected chi connectivity index (χ1v) is 6.34. The second-order valence-electron chi connectivity index (χ2n) is 3.80. The highest BCUT2D eigenvalue weighted by Gasteiger charge is 2.24. The van der Waals surface area contributed by atoms with Gasteiger partial charge in [0.05, 0.1) is 6.04 Å². The van der Waals surface area contributed by atoms with Crippen molar-refractivity contribution >= 4 is 17.7 Å². The lowest BCUT2D eigenvalue weighted by Gasteiger charge is -2.24. The van der Waals surface area contributed by atoms with E-state index in [-0.39, 0.29) is 11.9 Å². The average Bonchev–Trinajstić information content (AvgIpc) is 2.72. The van der Waals surface area contributed by atoms with Gasteiger partial charge in [-0.25, -0.2) is 0 Å². The minimum absolute atomic E-state index is 0.0369. The third-order valence-electron chi connectivity index (χ3n) is 2.72. The first-order valence-electron chi connectivity index (χ1n) is 5.18. The molecule has 0 bridgehead atoms. The Morgan fingerprint density at radius 1 is 1.36 bits per heavy atom. The Morgan fingerprint density at radius 2 is 2.14 bits per heavy atom. The number of carbonyl (C=O) groups excluding carboxylic acids is 1. The van der Waals surface area contributed by atoms with Crippen molar-refractivity contribution in [1.82, 2.24) is 16.0 Å². The van der Waals surface area contributed by atoms with Crippen LogP contribution in [0.2, 0.25) is 0 Å². The molecule has 0 aromatic heterocycles. The van der Waals surface area contributed by atoms with E-state index in [1.807, 2.05) is 0 Å². The zero-order valence-electron chi connectivity index (χ0n) is 8.21. The molecule has 3 N–H and O–H groups in total. The summed E-state index contributed by atoms with van der Waals surface area (Å²) < 4.78 is 0. The Kier molecular flexibility index (Phi) is 3.67. The van der Waals surface area contributed by atoms with Gasteiger partial charge >= 0.3 is 0 Å². The maximum absolute atomic E-state index is 11.7. The van der Waals surface area contributed by atoms with Crippen LogP contribution in [0.1, 0.15) is 12.8 Å². The first kappa shape index (κ1) is 10.3. The summed E-state index contributed by atoms with van der Waals surface area (Å²) in [5.74, 6) is 2.00. The molecular formula is C9H17N3OS. The van der Waals surface area contributed by atoms with Gasteiger partial charge in [-0.05, 0) is 25.9 Å². The van der Waals surface area contributed by atoms with Gasteiger partial charge in [0.15, 0.2) is 0 Å². The highest BCUT2D eigenvalue weighted by atomic mass is 32.2. The highest BCUT2D eigenvalue weighted by Crippen LogP contribution is 2.10. The summed E-state index contributed by atoms with van der Waals surface area (Å²) in [6.07, 6.45) is 2.12. The molecule has 2 heterocycles. The summed E-state index contributed by atoms with van der Waals surface area (Å²) in [4.78, 5) is 11.7. The Labute approximate surface area is 88.6 Å². The van der Waals surface area contributed by atoms with Crippen LogP contribution in [0.4, 0.5) is 0 Å². The summed E-state index contributed by atoms with van der Waals surface area (Å²) in [5, 5.41) is 9.57. The molecule has 1 atom stereocenters. The van der Waals surface area contributed by atoms with Gasteiger partial charge in [-0.2, -0.15) is 0 Å². The van der Waals surface area contributed by atoms with E-state index in [0.29, 0.717) is 6.04 Å². The quantitative estimate of drug-likeness (QED) is 0.582. The number of piperidine rings is 1. The second kappa shape index (κ2) is 5.00. The Bertz CT molecular complexity index is 200. The summed E-state index contributed by atoms with van der Waals surface area (Å²) in [5.41, 5.74) is 0. The number of rotatable bonds is 2. The molecule has 0 aliphatic carbocycles. The average molecular weight is 215 g/mol. The van der Waals surface area contributed by atoms with Crippen LogP contribution in [0.3, 0.4) is 0 Å². The summed E-state index contributed by atoms with van der Waals surface area (Å²) in [7, 11) is 0. The Hall–Kier alpha value is -0.260. The molecule has 0 unspecified atom stereocenters. The molecule has 4 nitrogen and oxygen atoms in total. The van der Waals surface area contributed by atoms with E-state index < -0.39 is 0 Å². The smallest absolute Gasteiger partial charge is 0.238 e. The molecule has 0 saturated carbocycles. The van der Waals surface area contributed by atoms with Gasteiger partial charge in [-0.1, -0.05) is 0 Å². The van der Waals surface area contributed by atoms with Crippen LogP contribution in [0.15, 0.2) is 0 Å². The number of hydrogen-bond donors (Lipinski definition) is 3. The zero-order valence-corrected chi connectivity index (χ0v) is 9.03. The van der Waals surface area contributed by atoms with E-state index in [9.17, 15) is 4.79 Å². The van der Waals surface area contributed by atoms with E-state index in [2.05, 4.69) is 16.0 Å². The third kappa shape index (κ3) is 2.62. The van der Waals surface area contributed by atoms with Crippen LogP contribution < -0.4 is 16.0 Å². The van der Waals surface area contributed by atoms with Gasteiger partial charge in [0.1, 0.15) is 0 Å². The van der Waals surface area contributed by atoms with Crippen LogP contribution >= 0.6 is 11.8 Å². The molecular weight excluding hydrogens is 198 g/mol. The lowest BCUT2D eigenvalue weighted by atomic mass is 10.1. The fourth-order valence-corrected chi connectivity index (χ4v) is 2.77. The van der Waals surface area contributed by atoms with Gasteiger partial charge < -0.3 is 10.6 Å². The molecule has 0 aromatic carbocycles. The van der Waals surface area contributed by atoms with E-state index >= 15 is 0 Å². The van der Waals surface area contributed by atoms with Crippen molar-refractivity contribution < 1.29 is 4.79 Å². The Morgan fingerprint density at radius 3 is 2.79 bits per heavy atom. The van der Waals surface area contributed by atoms with Crippen molar-refractivity contribution in [2.45, 2.75) is 24.9 Å². The fourth-order valence-electron chi connectivity index (χ4n) is 1.83. The second-order valence-corrected chi connectivity index (χ2v) is 4.83. The molecule has 14 heavy (non-hydrogen) atoms. The number of nitrogens with one attached hydrogen (secondary N) is 3. The maximum atomic E-state index is 11.7. The summed E-state index contributed by atoms with van der Waals surface area (Å²) in [6, 6.07) is 0.422. The molecule has 0 spiro atoms. The molecule has 2 fully saturated rings. The number of hydrogen-bond acceptors (Lipinski definition) is 4. The molecule has 1 amide bonds. The van der Waals surface area contributed by atoms with Gasteiger partial charge in [0, 0.05) is 17.7 Å². The minimum Gasteiger partial charge on any atom is -0.352 e. The van der Waals surface area contributed by atoms with Crippen LogP contribution in [-0.4, -0.2) is 42.7 Å². The van der Waals surface area contributed by atoms with Crippen molar-refractivity contribution in [1.29, 1.82) is 0 Å². The van der Waals surface area contributed by atoms with Crippen LogP contribution in [0.25, 0.3) is 0 Å². The predicted molar refractivity (Wildman–Crippen MR) is 58.3 cm³/mol. The van der Waals surface area contributed by atoms with Crippen LogP contribution in [0.5, 0.6) is 0 Å². The monoisotopic (exact) mass is 215 g/mol. The summed E-state index contributed by atoms with van der Waals surface area (Å²) in [6.45, 7) is 2.05. The standard InChI is InChI=1S/C9H17N3OS/c13-9(8-5-14-6-11-8)12-7-1-3-10-4-2-7/h7-8,10-11H,1-6H2,(H,12,13)/t8-/m1/s1. The summed E-state index contributed by atoms with van der Waals surface area (Å²) >= 11 is 1.79. The Balaban J connectivity index is 1.75. The first-order chi connectivity index (χ1) is 6.86. The number of carbonyl (C=O) groups is 1. The minimum atomic E-state index is 0.0369. The lowest BCUT2D eigenvalue weighted by Crippen LogP contribution is -2.49. The fraction of sp³-hybridized carbons (Fsp3) is 0.889.